The fourth-order valence-corrected chi connectivity index (χ4v) is 4.57. The smallest absolute Gasteiger partial charge is 0.254 e. The minimum absolute atomic E-state index is 0.0360. The van der Waals surface area contributed by atoms with Gasteiger partial charge >= 0.3 is 0 Å². The zero-order chi connectivity index (χ0) is 25.1. The maximum Gasteiger partial charge on any atom is 0.254 e. The predicted molar refractivity (Wildman–Crippen MR) is 134 cm³/mol. The van der Waals surface area contributed by atoms with Crippen LogP contribution >= 0.6 is 0 Å². The van der Waals surface area contributed by atoms with Crippen molar-refractivity contribution in [2.24, 2.45) is 11.7 Å². The Morgan fingerprint density at radius 1 is 1.08 bits per heavy atom. The van der Waals surface area contributed by atoms with Gasteiger partial charge in [0.1, 0.15) is 11.3 Å². The normalized spacial score (nSPS) is 17.2. The van der Waals surface area contributed by atoms with E-state index in [4.69, 9.17) is 10.6 Å². The lowest BCUT2D eigenvalue weighted by molar-refractivity contribution is -0.117. The van der Waals surface area contributed by atoms with Crippen LogP contribution in [0.15, 0.2) is 60.8 Å². The molecule has 1 aromatic heterocycles. The number of nitriles is 1. The van der Waals surface area contributed by atoms with Crippen molar-refractivity contribution in [2.45, 2.75) is 37.6 Å². The Balaban J connectivity index is 1.28. The van der Waals surface area contributed by atoms with Crippen molar-refractivity contribution in [3.8, 4) is 22.9 Å². The third-order valence-electron chi connectivity index (χ3n) is 6.91. The first kappa shape index (κ1) is 23.6. The van der Waals surface area contributed by atoms with Crippen LogP contribution in [-0.2, 0) is 10.3 Å². The first-order valence-corrected chi connectivity index (χ1v) is 12.1. The van der Waals surface area contributed by atoms with E-state index in [2.05, 4.69) is 28.6 Å². The topological polar surface area (TPSA) is 126 Å². The number of primary amides is 1. The highest BCUT2D eigenvalue weighted by atomic mass is 16.7. The van der Waals surface area contributed by atoms with Gasteiger partial charge in [-0.25, -0.2) is 0 Å². The third-order valence-corrected chi connectivity index (χ3v) is 6.91. The largest absolute Gasteiger partial charge is 0.406 e. The molecule has 0 atom stereocenters. The summed E-state index contributed by atoms with van der Waals surface area (Å²) < 4.78 is 1.64. The average molecular weight is 485 g/mol. The van der Waals surface area contributed by atoms with E-state index in [0.717, 1.165) is 29.7 Å². The fraction of sp³-hybridized carbons (Fsp3) is 0.333. The molecule has 3 aromatic rings. The summed E-state index contributed by atoms with van der Waals surface area (Å²) in [5, 5.41) is 18.7. The Bertz CT molecular complexity index is 1280. The minimum atomic E-state index is -0.667. The number of nitrogens with one attached hydrogen (secondary N) is 1. The minimum Gasteiger partial charge on any atom is -0.406 e. The number of carbonyl (C=O) groups excluding carboxylic acids is 2. The van der Waals surface area contributed by atoms with Gasteiger partial charge in [0.25, 0.3) is 5.91 Å². The summed E-state index contributed by atoms with van der Waals surface area (Å²) in [5.41, 5.74) is 7.34. The second-order valence-corrected chi connectivity index (χ2v) is 9.43. The number of piperidine rings is 1. The summed E-state index contributed by atoms with van der Waals surface area (Å²) in [6.45, 7) is 1.13. The van der Waals surface area contributed by atoms with Gasteiger partial charge in [0.2, 0.25) is 5.91 Å². The summed E-state index contributed by atoms with van der Waals surface area (Å²) in [5.74, 6) is 0.0420. The van der Waals surface area contributed by atoms with Gasteiger partial charge in [0, 0.05) is 25.2 Å². The molecule has 1 aliphatic heterocycles. The van der Waals surface area contributed by atoms with Gasteiger partial charge in [-0.15, -0.1) is 5.06 Å². The van der Waals surface area contributed by atoms with Gasteiger partial charge in [-0.1, -0.05) is 42.5 Å². The number of hydroxylamine groups is 2. The SMILES string of the molecule is N#CCC1(n2cc(C(N)=O)c(NC(=O)C3CC3)n2)CCN(Oc2ccc(-c3ccccc3)cc2)CC1. The number of nitrogens with two attached hydrogens (primary N) is 1. The van der Waals surface area contributed by atoms with Crippen molar-refractivity contribution < 1.29 is 14.4 Å². The second-order valence-electron chi connectivity index (χ2n) is 9.43. The molecule has 0 spiro atoms. The quantitative estimate of drug-likeness (QED) is 0.502. The van der Waals surface area contributed by atoms with Crippen LogP contribution < -0.4 is 15.9 Å². The molecule has 2 heterocycles. The fourth-order valence-electron chi connectivity index (χ4n) is 4.57. The zero-order valence-electron chi connectivity index (χ0n) is 19.9. The van der Waals surface area contributed by atoms with E-state index < -0.39 is 11.4 Å². The molecule has 184 valence electrons. The number of hydrogen-bond donors (Lipinski definition) is 2. The number of benzene rings is 2. The van der Waals surface area contributed by atoms with Crippen LogP contribution in [0.3, 0.4) is 0 Å². The van der Waals surface area contributed by atoms with E-state index >= 15 is 0 Å². The number of aromatic nitrogens is 2. The van der Waals surface area contributed by atoms with Crippen molar-refractivity contribution in [2.75, 3.05) is 18.4 Å². The van der Waals surface area contributed by atoms with Crippen molar-refractivity contribution in [3.63, 3.8) is 0 Å². The van der Waals surface area contributed by atoms with Crippen molar-refractivity contribution in [1.29, 1.82) is 5.26 Å². The Hall–Kier alpha value is -4.16. The number of hydrogen-bond acceptors (Lipinski definition) is 6. The summed E-state index contributed by atoms with van der Waals surface area (Å²) in [6.07, 6.45) is 4.60. The number of nitrogens with zero attached hydrogens (tertiary/aromatic N) is 4. The van der Waals surface area contributed by atoms with Gasteiger partial charge < -0.3 is 15.9 Å². The first-order valence-electron chi connectivity index (χ1n) is 12.1. The molecule has 0 bridgehead atoms. The lowest BCUT2D eigenvalue weighted by Crippen LogP contribution is -2.47. The van der Waals surface area contributed by atoms with Gasteiger partial charge in [-0.2, -0.15) is 10.4 Å². The van der Waals surface area contributed by atoms with Crippen molar-refractivity contribution >= 4 is 17.6 Å². The Labute approximate surface area is 209 Å². The van der Waals surface area contributed by atoms with Crippen LogP contribution in [0.2, 0.25) is 0 Å². The van der Waals surface area contributed by atoms with E-state index in [1.54, 1.807) is 10.9 Å². The maximum absolute atomic E-state index is 12.3. The van der Waals surface area contributed by atoms with Gasteiger partial charge in [0.05, 0.1) is 18.0 Å². The predicted octanol–water partition coefficient (Wildman–Crippen LogP) is 3.70. The van der Waals surface area contributed by atoms with Gasteiger partial charge in [-0.05, 0) is 48.9 Å². The first-order chi connectivity index (χ1) is 17.5. The molecule has 2 amide bonds. The average Bonchev–Trinajstić information content (AvgIpc) is 3.66. The van der Waals surface area contributed by atoms with E-state index in [0.29, 0.717) is 25.9 Å². The maximum atomic E-state index is 12.3. The van der Waals surface area contributed by atoms with Crippen LogP contribution in [0.5, 0.6) is 5.75 Å². The molecule has 0 unspecified atom stereocenters. The molecule has 0 radical (unpaired) electrons. The molecule has 5 rings (SSSR count). The monoisotopic (exact) mass is 484 g/mol. The molecule has 1 saturated carbocycles. The highest BCUT2D eigenvalue weighted by Gasteiger charge is 2.39. The van der Waals surface area contributed by atoms with Crippen molar-refractivity contribution in [3.05, 3.63) is 66.4 Å². The summed E-state index contributed by atoms with van der Waals surface area (Å²) in [6, 6.07) is 20.4. The molecule has 1 saturated heterocycles. The van der Waals surface area contributed by atoms with Crippen molar-refractivity contribution in [1.82, 2.24) is 14.8 Å². The molecule has 2 fully saturated rings. The van der Waals surface area contributed by atoms with E-state index in [9.17, 15) is 14.9 Å². The van der Waals surface area contributed by atoms with Gasteiger partial charge in [0.15, 0.2) is 5.82 Å². The van der Waals surface area contributed by atoms with Crippen LogP contribution in [0, 0.1) is 17.2 Å². The lowest BCUT2D eigenvalue weighted by atomic mass is 9.85. The molecular weight excluding hydrogens is 456 g/mol. The molecule has 2 aromatic carbocycles. The molecule has 1 aliphatic carbocycles. The third kappa shape index (κ3) is 4.95. The van der Waals surface area contributed by atoms with Crippen LogP contribution in [0.4, 0.5) is 5.82 Å². The number of anilines is 1. The molecule has 36 heavy (non-hydrogen) atoms. The van der Waals surface area contributed by atoms with E-state index in [-0.39, 0.29) is 29.6 Å². The number of amides is 2. The van der Waals surface area contributed by atoms with Crippen LogP contribution in [0.25, 0.3) is 11.1 Å². The van der Waals surface area contributed by atoms with Crippen LogP contribution in [0.1, 0.15) is 42.5 Å². The Kier molecular flexibility index (Phi) is 6.44. The second kappa shape index (κ2) is 9.84. The van der Waals surface area contributed by atoms with Gasteiger partial charge in [-0.3, -0.25) is 14.3 Å². The van der Waals surface area contributed by atoms with Crippen LogP contribution in [-0.4, -0.2) is 39.7 Å². The number of carbonyl (C=O) groups is 2. The summed E-state index contributed by atoms with van der Waals surface area (Å²) >= 11 is 0. The Morgan fingerprint density at radius 3 is 2.36 bits per heavy atom. The Morgan fingerprint density at radius 2 is 1.75 bits per heavy atom. The van der Waals surface area contributed by atoms with E-state index in [1.807, 2.05) is 47.5 Å². The molecular formula is C27H28N6O3. The number of rotatable bonds is 8. The lowest BCUT2D eigenvalue weighted by Gasteiger charge is -2.40. The molecule has 9 heteroatoms. The zero-order valence-corrected chi connectivity index (χ0v) is 19.9. The molecule has 2 aliphatic rings. The highest BCUT2D eigenvalue weighted by molar-refractivity contribution is 6.02. The summed E-state index contributed by atoms with van der Waals surface area (Å²) in [7, 11) is 0. The molecule has 9 nitrogen and oxygen atoms in total. The van der Waals surface area contributed by atoms with E-state index in [1.165, 1.54) is 0 Å². The summed E-state index contributed by atoms with van der Waals surface area (Å²) in [4.78, 5) is 30.4. The molecule has 3 N–H and O–H groups in total. The standard InChI is InChI=1S/C27H28N6O3/c28-15-12-27(33-18-23(24(29)34)25(31-33)30-26(35)21-6-7-21)13-16-32(17-14-27)36-22-10-8-20(9-11-22)19-4-2-1-3-5-19/h1-5,8-11,18,21H,6-7,12-14,16-17H2,(H2,29,34)(H,30,31,35). The highest BCUT2D eigenvalue weighted by Crippen LogP contribution is 2.36.